The van der Waals surface area contributed by atoms with Crippen molar-refractivity contribution in [3.05, 3.63) is 36.5 Å². The van der Waals surface area contributed by atoms with Crippen molar-refractivity contribution in [2.75, 3.05) is 18.1 Å². The largest absolute Gasteiger partial charge is 0.476 e. The number of nitrogens with zero attached hydrogens (tertiary/aromatic N) is 3. The Kier molecular flexibility index (Phi) is 4.22. The van der Waals surface area contributed by atoms with Gasteiger partial charge in [-0.3, -0.25) is 0 Å². The molecule has 2 N–H and O–H groups in total. The van der Waals surface area contributed by atoms with Crippen LogP contribution in [-0.4, -0.2) is 46.8 Å². The van der Waals surface area contributed by atoms with Gasteiger partial charge in [0.25, 0.3) is 0 Å². The summed E-state index contributed by atoms with van der Waals surface area (Å²) < 4.78 is 24.8. The summed E-state index contributed by atoms with van der Waals surface area (Å²) in [5.74, 6) is -0.815. The molecule has 8 nitrogen and oxygen atoms in total. The molecule has 0 aliphatic rings. The normalized spacial score (nSPS) is 11.3. The van der Waals surface area contributed by atoms with Gasteiger partial charge in [-0.15, -0.1) is 0 Å². The number of hydrogen-bond acceptors (Lipinski definition) is 6. The van der Waals surface area contributed by atoms with Crippen LogP contribution in [0.5, 0.6) is 0 Å². The van der Waals surface area contributed by atoms with Gasteiger partial charge in [-0.05, 0) is 12.1 Å². The van der Waals surface area contributed by atoms with E-state index in [0.29, 0.717) is 13.1 Å². The van der Waals surface area contributed by atoms with E-state index in [9.17, 15) is 13.2 Å². The Morgan fingerprint density at radius 1 is 1.43 bits per heavy atom. The Balaban J connectivity index is 2.02. The smallest absolute Gasteiger partial charge is 0.356 e. The average molecular weight is 310 g/mol. The molecule has 0 aliphatic heterocycles. The number of sulfone groups is 1. The van der Waals surface area contributed by atoms with Crippen LogP contribution in [0.4, 0.5) is 5.82 Å². The quantitative estimate of drug-likeness (QED) is 0.798. The summed E-state index contributed by atoms with van der Waals surface area (Å²) in [6, 6.07) is 3.03. The van der Waals surface area contributed by atoms with Crippen molar-refractivity contribution in [3.63, 3.8) is 0 Å². The van der Waals surface area contributed by atoms with Gasteiger partial charge in [0.05, 0.1) is 6.33 Å². The third kappa shape index (κ3) is 3.78. The Morgan fingerprint density at radius 3 is 2.81 bits per heavy atom. The molecule has 9 heteroatoms. The standard InChI is InChI=1S/C12H14N4O4S/c1-21(19,20)10-3-2-4-13-11(10)14-5-6-16-7-9(12(17)18)15-8-16/h2-4,7-8H,5-6H2,1H3,(H,13,14)(H,17,18). The van der Waals surface area contributed by atoms with E-state index >= 15 is 0 Å². The molecule has 112 valence electrons. The molecule has 2 heterocycles. The van der Waals surface area contributed by atoms with Gasteiger partial charge in [-0.1, -0.05) is 0 Å². The van der Waals surface area contributed by atoms with Gasteiger partial charge in [0, 0.05) is 31.7 Å². The molecule has 2 rings (SSSR count). The maximum Gasteiger partial charge on any atom is 0.356 e. The number of nitrogens with one attached hydrogen (secondary N) is 1. The lowest BCUT2D eigenvalue weighted by Gasteiger charge is -2.09. The van der Waals surface area contributed by atoms with Crippen molar-refractivity contribution < 1.29 is 18.3 Å². The molecule has 0 spiro atoms. The molecule has 0 radical (unpaired) electrons. The Hall–Kier alpha value is -2.42. The van der Waals surface area contributed by atoms with E-state index in [4.69, 9.17) is 5.11 Å². The second-order valence-corrected chi connectivity index (χ2v) is 6.34. The fraction of sp³-hybridized carbons (Fsp3) is 0.250. The van der Waals surface area contributed by atoms with Crippen molar-refractivity contribution in [1.82, 2.24) is 14.5 Å². The Morgan fingerprint density at radius 2 is 2.19 bits per heavy atom. The monoisotopic (exact) mass is 310 g/mol. The topological polar surface area (TPSA) is 114 Å². The van der Waals surface area contributed by atoms with Crippen LogP contribution in [0, 0.1) is 0 Å². The second-order valence-electron chi connectivity index (χ2n) is 4.35. The van der Waals surface area contributed by atoms with E-state index in [-0.39, 0.29) is 16.4 Å². The molecule has 2 aromatic heterocycles. The highest BCUT2D eigenvalue weighted by Gasteiger charge is 2.13. The van der Waals surface area contributed by atoms with E-state index in [1.165, 1.54) is 24.8 Å². The van der Waals surface area contributed by atoms with Crippen molar-refractivity contribution in [1.29, 1.82) is 0 Å². The number of anilines is 1. The van der Waals surface area contributed by atoms with Crippen LogP contribution in [0.3, 0.4) is 0 Å². The first-order valence-corrected chi connectivity index (χ1v) is 7.91. The van der Waals surface area contributed by atoms with Crippen LogP contribution >= 0.6 is 0 Å². The van der Waals surface area contributed by atoms with Gasteiger partial charge in [0.2, 0.25) is 0 Å². The number of pyridine rings is 1. The summed E-state index contributed by atoms with van der Waals surface area (Å²) in [4.78, 5) is 18.5. The van der Waals surface area contributed by atoms with E-state index < -0.39 is 15.8 Å². The summed E-state index contributed by atoms with van der Waals surface area (Å²) in [6.45, 7) is 0.814. The van der Waals surface area contributed by atoms with Gasteiger partial charge in [0.15, 0.2) is 15.5 Å². The molecule has 0 fully saturated rings. The van der Waals surface area contributed by atoms with Gasteiger partial charge < -0.3 is 15.0 Å². The van der Waals surface area contributed by atoms with Crippen molar-refractivity contribution in [2.24, 2.45) is 0 Å². The molecule has 0 aliphatic carbocycles. The van der Waals surface area contributed by atoms with E-state index in [1.807, 2.05) is 0 Å². The minimum atomic E-state index is -3.36. The molecule has 0 aromatic carbocycles. The van der Waals surface area contributed by atoms with Crippen LogP contribution < -0.4 is 5.32 Å². The summed E-state index contributed by atoms with van der Waals surface area (Å²) in [7, 11) is -3.36. The number of rotatable bonds is 6. The highest BCUT2D eigenvalue weighted by molar-refractivity contribution is 7.90. The number of hydrogen-bond donors (Lipinski definition) is 2. The summed E-state index contributed by atoms with van der Waals surface area (Å²) in [6.07, 6.45) is 5.42. The van der Waals surface area contributed by atoms with Crippen molar-refractivity contribution in [3.8, 4) is 0 Å². The lowest BCUT2D eigenvalue weighted by molar-refractivity contribution is 0.0691. The second kappa shape index (κ2) is 5.92. The predicted octanol–water partition coefficient (Wildman–Crippen LogP) is 0.492. The molecule has 21 heavy (non-hydrogen) atoms. The predicted molar refractivity (Wildman–Crippen MR) is 75.0 cm³/mol. The first-order valence-electron chi connectivity index (χ1n) is 6.02. The minimum absolute atomic E-state index is 0.0374. The van der Waals surface area contributed by atoms with Crippen molar-refractivity contribution >= 4 is 21.6 Å². The lowest BCUT2D eigenvalue weighted by Crippen LogP contribution is -2.13. The molecule has 0 saturated heterocycles. The summed E-state index contributed by atoms with van der Waals surface area (Å²) in [5.41, 5.74) is -0.0374. The summed E-state index contributed by atoms with van der Waals surface area (Å²) >= 11 is 0. The van der Waals surface area contributed by atoms with Crippen LogP contribution in [-0.2, 0) is 16.4 Å². The molecule has 0 saturated carbocycles. The zero-order valence-corrected chi connectivity index (χ0v) is 12.0. The van der Waals surface area contributed by atoms with Crippen molar-refractivity contribution in [2.45, 2.75) is 11.4 Å². The fourth-order valence-electron chi connectivity index (χ4n) is 1.72. The molecule has 0 unspecified atom stereocenters. The number of carboxylic acids is 1. The van der Waals surface area contributed by atoms with Crippen LogP contribution in [0.25, 0.3) is 0 Å². The van der Waals surface area contributed by atoms with Crippen LogP contribution in [0.1, 0.15) is 10.5 Å². The molecule has 0 amide bonds. The zero-order valence-electron chi connectivity index (χ0n) is 11.2. The Bertz CT molecular complexity index is 754. The number of imidazole rings is 1. The van der Waals surface area contributed by atoms with E-state index in [2.05, 4.69) is 15.3 Å². The fourth-order valence-corrected chi connectivity index (χ4v) is 2.52. The van der Waals surface area contributed by atoms with Crippen LogP contribution in [0.15, 0.2) is 35.7 Å². The first kappa shape index (κ1) is 15.0. The first-order chi connectivity index (χ1) is 9.88. The molecule has 0 bridgehead atoms. The van der Waals surface area contributed by atoms with E-state index in [0.717, 1.165) is 6.26 Å². The minimum Gasteiger partial charge on any atom is -0.476 e. The SMILES string of the molecule is CS(=O)(=O)c1cccnc1NCCn1cnc(C(=O)O)c1. The molecular weight excluding hydrogens is 296 g/mol. The van der Waals surface area contributed by atoms with Gasteiger partial charge in [-0.25, -0.2) is 23.2 Å². The molecule has 2 aromatic rings. The Labute approximate surface area is 121 Å². The number of carboxylic acid groups (broad SMARTS) is 1. The van der Waals surface area contributed by atoms with Gasteiger partial charge in [0.1, 0.15) is 10.7 Å². The zero-order chi connectivity index (χ0) is 15.5. The highest BCUT2D eigenvalue weighted by atomic mass is 32.2. The molecular formula is C12H14N4O4S. The number of aromatic carboxylic acids is 1. The maximum absolute atomic E-state index is 11.6. The lowest BCUT2D eigenvalue weighted by atomic mass is 10.4. The summed E-state index contributed by atoms with van der Waals surface area (Å²) in [5, 5.41) is 11.7. The third-order valence-corrected chi connectivity index (χ3v) is 3.81. The highest BCUT2D eigenvalue weighted by Crippen LogP contribution is 2.17. The average Bonchev–Trinajstić information content (AvgIpc) is 2.87. The number of aromatic nitrogens is 3. The number of carbonyl (C=O) groups is 1. The van der Waals surface area contributed by atoms with Crippen LogP contribution in [0.2, 0.25) is 0 Å². The van der Waals surface area contributed by atoms with Gasteiger partial charge in [-0.2, -0.15) is 0 Å². The van der Waals surface area contributed by atoms with E-state index in [1.54, 1.807) is 10.6 Å². The maximum atomic E-state index is 11.6. The molecule has 0 atom stereocenters. The third-order valence-electron chi connectivity index (χ3n) is 2.68. The van der Waals surface area contributed by atoms with Gasteiger partial charge >= 0.3 is 5.97 Å².